The summed E-state index contributed by atoms with van der Waals surface area (Å²) in [5, 5.41) is 15.9. The maximum absolute atomic E-state index is 12.4. The molecule has 0 saturated carbocycles. The molecule has 1 aliphatic rings. The van der Waals surface area contributed by atoms with E-state index in [9.17, 15) is 14.9 Å². The summed E-state index contributed by atoms with van der Waals surface area (Å²) in [7, 11) is 0. The van der Waals surface area contributed by atoms with Gasteiger partial charge in [-0.15, -0.1) is 0 Å². The van der Waals surface area contributed by atoms with Crippen LogP contribution >= 0.6 is 27.7 Å². The van der Waals surface area contributed by atoms with Gasteiger partial charge in [-0.25, -0.2) is 0 Å². The van der Waals surface area contributed by atoms with Crippen molar-refractivity contribution in [2.45, 2.75) is 25.7 Å². The highest BCUT2D eigenvalue weighted by molar-refractivity contribution is 9.10. The highest BCUT2D eigenvalue weighted by atomic mass is 79.9. The second-order valence-corrected chi connectivity index (χ2v) is 8.46. The van der Waals surface area contributed by atoms with Crippen LogP contribution in [0.4, 0.5) is 5.69 Å². The van der Waals surface area contributed by atoms with E-state index < -0.39 is 0 Å². The Morgan fingerprint density at radius 1 is 1.31 bits per heavy atom. The van der Waals surface area contributed by atoms with Gasteiger partial charge in [0.2, 0.25) is 11.8 Å². The Morgan fingerprint density at radius 3 is 2.83 bits per heavy atom. The van der Waals surface area contributed by atoms with Crippen molar-refractivity contribution in [2.75, 3.05) is 11.1 Å². The highest BCUT2D eigenvalue weighted by Gasteiger charge is 2.30. The van der Waals surface area contributed by atoms with Crippen LogP contribution in [0.1, 0.15) is 30.4 Å². The third kappa shape index (κ3) is 5.28. The van der Waals surface area contributed by atoms with E-state index in [-0.39, 0.29) is 29.9 Å². The molecule has 5 nitrogen and oxygen atoms in total. The molecular weight excluding hydrogens is 450 g/mol. The lowest BCUT2D eigenvalue weighted by Crippen LogP contribution is -2.31. The molecule has 0 aromatic heterocycles. The van der Waals surface area contributed by atoms with Crippen LogP contribution in [-0.4, -0.2) is 17.6 Å². The first-order valence-corrected chi connectivity index (χ1v) is 11.0. The Hall–Kier alpha value is -2.56. The number of hydrogen-bond acceptors (Lipinski definition) is 4. The monoisotopic (exact) mass is 469 g/mol. The molecule has 148 valence electrons. The molecule has 1 atom stereocenters. The van der Waals surface area contributed by atoms with E-state index in [2.05, 4.69) is 32.6 Å². The number of hydrogen-bond donors (Lipinski definition) is 2. The Balaban J connectivity index is 1.76. The van der Waals surface area contributed by atoms with Crippen LogP contribution in [-0.2, 0) is 16.0 Å². The molecule has 0 saturated heterocycles. The lowest BCUT2D eigenvalue weighted by molar-refractivity contribution is -0.121. The first-order valence-electron chi connectivity index (χ1n) is 9.22. The van der Waals surface area contributed by atoms with E-state index in [0.29, 0.717) is 10.6 Å². The number of thioether (sulfide) groups is 1. The largest absolute Gasteiger partial charge is 0.325 e. The van der Waals surface area contributed by atoms with Crippen LogP contribution in [0.5, 0.6) is 0 Å². The minimum Gasteiger partial charge on any atom is -0.325 e. The van der Waals surface area contributed by atoms with Crippen LogP contribution in [0, 0.1) is 11.3 Å². The summed E-state index contributed by atoms with van der Waals surface area (Å²) < 4.78 is 0.890. The molecule has 2 aromatic rings. The second-order valence-electron chi connectivity index (χ2n) is 6.56. The van der Waals surface area contributed by atoms with E-state index in [0.717, 1.165) is 27.7 Å². The SMILES string of the molecule is CCc1ccccc1NC(=O)CSC1=C(C#N)[C@H](c2cccc(Br)c2)CC(=O)N1. The topological polar surface area (TPSA) is 82.0 Å². The van der Waals surface area contributed by atoms with E-state index in [1.165, 1.54) is 11.8 Å². The Morgan fingerprint density at radius 2 is 2.10 bits per heavy atom. The van der Waals surface area contributed by atoms with Gasteiger partial charge in [0.25, 0.3) is 0 Å². The van der Waals surface area contributed by atoms with Gasteiger partial charge in [-0.2, -0.15) is 5.26 Å². The summed E-state index contributed by atoms with van der Waals surface area (Å²) in [5.41, 5.74) is 3.22. The molecule has 0 aliphatic carbocycles. The maximum Gasteiger partial charge on any atom is 0.234 e. The predicted octanol–water partition coefficient (Wildman–Crippen LogP) is 4.72. The minimum absolute atomic E-state index is 0.101. The lowest BCUT2D eigenvalue weighted by atomic mass is 9.87. The number of amides is 2. The van der Waals surface area contributed by atoms with Crippen molar-refractivity contribution in [3.05, 3.63) is 74.7 Å². The van der Waals surface area contributed by atoms with Crippen molar-refractivity contribution in [1.29, 1.82) is 5.26 Å². The molecule has 2 amide bonds. The first-order chi connectivity index (χ1) is 14.0. The number of carbonyl (C=O) groups excluding carboxylic acids is 2. The molecule has 0 unspecified atom stereocenters. The Kier molecular flexibility index (Phi) is 7.13. The van der Waals surface area contributed by atoms with Crippen molar-refractivity contribution >= 4 is 45.2 Å². The van der Waals surface area contributed by atoms with Gasteiger partial charge in [-0.1, -0.05) is 64.9 Å². The van der Waals surface area contributed by atoms with Gasteiger partial charge in [0.1, 0.15) is 0 Å². The normalized spacial score (nSPS) is 16.2. The minimum atomic E-state index is -0.322. The zero-order valence-corrected chi connectivity index (χ0v) is 18.3. The molecule has 1 aliphatic heterocycles. The van der Waals surface area contributed by atoms with Crippen molar-refractivity contribution in [3.63, 3.8) is 0 Å². The third-order valence-electron chi connectivity index (χ3n) is 4.63. The van der Waals surface area contributed by atoms with Crippen LogP contribution in [0.3, 0.4) is 0 Å². The predicted molar refractivity (Wildman–Crippen MR) is 119 cm³/mol. The summed E-state index contributed by atoms with van der Waals surface area (Å²) in [5.74, 6) is -0.560. The maximum atomic E-state index is 12.4. The third-order valence-corrected chi connectivity index (χ3v) is 6.14. The Labute approximate surface area is 182 Å². The van der Waals surface area contributed by atoms with Gasteiger partial charge in [-0.05, 0) is 35.7 Å². The summed E-state index contributed by atoms with van der Waals surface area (Å²) in [6.07, 6.45) is 1.02. The van der Waals surface area contributed by atoms with E-state index in [1.54, 1.807) is 0 Å². The molecule has 0 spiro atoms. The number of rotatable bonds is 6. The number of nitrogens with zero attached hydrogens (tertiary/aromatic N) is 1. The van der Waals surface area contributed by atoms with E-state index in [4.69, 9.17) is 0 Å². The summed E-state index contributed by atoms with van der Waals surface area (Å²) >= 11 is 4.61. The molecule has 2 aromatic carbocycles. The summed E-state index contributed by atoms with van der Waals surface area (Å²) in [6.45, 7) is 2.03. The zero-order chi connectivity index (χ0) is 20.8. The quantitative estimate of drug-likeness (QED) is 0.640. The van der Waals surface area contributed by atoms with Crippen molar-refractivity contribution in [3.8, 4) is 6.07 Å². The average molecular weight is 470 g/mol. The van der Waals surface area contributed by atoms with Gasteiger partial charge < -0.3 is 10.6 Å². The molecule has 0 radical (unpaired) electrons. The molecule has 2 N–H and O–H groups in total. The number of benzene rings is 2. The number of carbonyl (C=O) groups is 2. The lowest BCUT2D eigenvalue weighted by Gasteiger charge is -2.25. The van der Waals surface area contributed by atoms with Crippen LogP contribution in [0.25, 0.3) is 0 Å². The molecule has 0 bridgehead atoms. The molecule has 0 fully saturated rings. The van der Waals surface area contributed by atoms with E-state index in [1.807, 2.05) is 55.5 Å². The number of para-hydroxylation sites is 1. The van der Waals surface area contributed by atoms with Crippen LogP contribution in [0.15, 0.2) is 63.6 Å². The summed E-state index contributed by atoms with van der Waals surface area (Å²) in [4.78, 5) is 24.7. The number of allylic oxidation sites excluding steroid dienone is 1. The number of anilines is 1. The number of nitriles is 1. The van der Waals surface area contributed by atoms with Gasteiger partial charge in [-0.3, -0.25) is 9.59 Å². The van der Waals surface area contributed by atoms with Gasteiger partial charge in [0.15, 0.2) is 0 Å². The van der Waals surface area contributed by atoms with Crippen molar-refractivity contribution in [2.24, 2.45) is 0 Å². The first kappa shape index (κ1) is 21.2. The molecular formula is C22H20BrN3O2S. The second kappa shape index (κ2) is 9.77. The van der Waals surface area contributed by atoms with Gasteiger partial charge >= 0.3 is 0 Å². The molecule has 1 heterocycles. The fourth-order valence-corrected chi connectivity index (χ4v) is 4.51. The van der Waals surface area contributed by atoms with E-state index >= 15 is 0 Å². The summed E-state index contributed by atoms with van der Waals surface area (Å²) in [6, 6.07) is 17.5. The molecule has 29 heavy (non-hydrogen) atoms. The van der Waals surface area contributed by atoms with Crippen LogP contribution < -0.4 is 10.6 Å². The standard InChI is InChI=1S/C22H20BrN3O2S/c1-2-14-6-3-4-9-19(14)25-21(28)13-29-22-18(12-24)17(11-20(27)26-22)15-7-5-8-16(23)10-15/h3-10,17H,2,11,13H2,1H3,(H,25,28)(H,26,27)/t17-/m0/s1. The van der Waals surface area contributed by atoms with Gasteiger partial charge in [0, 0.05) is 22.5 Å². The Bertz CT molecular complexity index is 1010. The highest BCUT2D eigenvalue weighted by Crippen LogP contribution is 2.36. The zero-order valence-electron chi connectivity index (χ0n) is 15.9. The fourth-order valence-electron chi connectivity index (χ4n) is 3.22. The molecule has 7 heteroatoms. The van der Waals surface area contributed by atoms with Crippen LogP contribution in [0.2, 0.25) is 0 Å². The fraction of sp³-hybridized carbons (Fsp3) is 0.227. The van der Waals surface area contributed by atoms with Crippen molar-refractivity contribution < 1.29 is 9.59 Å². The number of nitrogens with one attached hydrogen (secondary N) is 2. The average Bonchev–Trinajstić information content (AvgIpc) is 2.72. The smallest absolute Gasteiger partial charge is 0.234 e. The van der Waals surface area contributed by atoms with Crippen molar-refractivity contribution in [1.82, 2.24) is 5.32 Å². The van der Waals surface area contributed by atoms with Gasteiger partial charge in [0.05, 0.1) is 22.4 Å². The molecule has 3 rings (SSSR count). The number of halogens is 1. The number of aryl methyl sites for hydroxylation is 1.